The molecule has 0 aliphatic carbocycles. The van der Waals surface area contributed by atoms with Gasteiger partial charge in [0, 0.05) is 16.2 Å². The second kappa shape index (κ2) is 8.51. The third-order valence-electron chi connectivity index (χ3n) is 8.54. The molecule has 0 aliphatic rings. The average Bonchev–Trinajstić information content (AvgIpc) is 3.44. The Kier molecular flexibility index (Phi) is 4.64. The minimum atomic E-state index is 1.01. The SMILES string of the molecule is c1ccc2cc(-c3ccc(-c4ccc5c(c4)c4c6ccccc6ccc4c4nc6ccccc6n54)cc3)ccc2c1. The monoisotopic (exact) mass is 520 g/mol. The van der Waals surface area contributed by atoms with Crippen molar-refractivity contribution in [3.8, 4) is 22.3 Å². The minimum absolute atomic E-state index is 1.01. The van der Waals surface area contributed by atoms with Crippen LogP contribution >= 0.6 is 0 Å². The Balaban J connectivity index is 1.28. The van der Waals surface area contributed by atoms with E-state index in [9.17, 15) is 0 Å². The molecule has 2 heterocycles. The Morgan fingerprint density at radius 3 is 1.88 bits per heavy atom. The van der Waals surface area contributed by atoms with Crippen LogP contribution in [0.1, 0.15) is 0 Å². The summed E-state index contributed by atoms with van der Waals surface area (Å²) >= 11 is 0. The van der Waals surface area contributed by atoms with Crippen molar-refractivity contribution >= 4 is 59.9 Å². The molecule has 0 bridgehead atoms. The molecule has 0 saturated heterocycles. The number of nitrogens with zero attached hydrogens (tertiary/aromatic N) is 2. The summed E-state index contributed by atoms with van der Waals surface area (Å²) in [6.45, 7) is 0. The van der Waals surface area contributed by atoms with Crippen molar-refractivity contribution in [1.29, 1.82) is 0 Å². The summed E-state index contributed by atoms with van der Waals surface area (Å²) in [7, 11) is 0. The molecule has 7 aromatic carbocycles. The first-order chi connectivity index (χ1) is 20.3. The average molecular weight is 521 g/mol. The maximum absolute atomic E-state index is 5.10. The predicted molar refractivity (Wildman–Crippen MR) is 174 cm³/mol. The van der Waals surface area contributed by atoms with Gasteiger partial charge in [0.05, 0.1) is 16.6 Å². The quantitative estimate of drug-likeness (QED) is 0.207. The first-order valence-electron chi connectivity index (χ1n) is 14.1. The number of fused-ring (bicyclic) bond motifs is 11. The summed E-state index contributed by atoms with van der Waals surface area (Å²) in [5.74, 6) is 0. The number of benzene rings is 7. The van der Waals surface area contributed by atoms with Gasteiger partial charge in [-0.3, -0.25) is 4.40 Å². The van der Waals surface area contributed by atoms with Gasteiger partial charge in [-0.05, 0) is 80.2 Å². The highest BCUT2D eigenvalue weighted by Crippen LogP contribution is 2.38. The summed E-state index contributed by atoms with van der Waals surface area (Å²) in [6.07, 6.45) is 0. The van der Waals surface area contributed by atoms with Crippen molar-refractivity contribution in [2.24, 2.45) is 0 Å². The predicted octanol–water partition coefficient (Wildman–Crippen LogP) is 10.4. The van der Waals surface area contributed by atoms with Crippen molar-refractivity contribution in [3.05, 3.63) is 146 Å². The normalized spacial score (nSPS) is 11.9. The molecule has 0 unspecified atom stereocenters. The third kappa shape index (κ3) is 3.34. The molecule has 0 atom stereocenters. The largest absolute Gasteiger partial charge is 0.292 e. The number of pyridine rings is 1. The number of hydrogen-bond donors (Lipinski definition) is 0. The highest BCUT2D eigenvalue weighted by Gasteiger charge is 2.16. The fourth-order valence-corrected chi connectivity index (χ4v) is 6.53. The molecule has 9 aromatic rings. The lowest BCUT2D eigenvalue weighted by atomic mass is 9.95. The molecule has 9 rings (SSSR count). The standard InChI is InChI=1S/C39H24N2/c1-2-9-29-23-30(18-17-25(29)7-1)26-13-15-27(16-14-26)31-20-22-36-34(24-31)38-32-10-4-3-8-28(32)19-21-33(38)39-40-35-11-5-6-12-37(35)41(36)39/h1-24H. The van der Waals surface area contributed by atoms with Crippen LogP contribution in [0.4, 0.5) is 0 Å². The van der Waals surface area contributed by atoms with Gasteiger partial charge in [0.1, 0.15) is 5.65 Å². The molecule has 41 heavy (non-hydrogen) atoms. The van der Waals surface area contributed by atoms with Gasteiger partial charge in [0.2, 0.25) is 0 Å². The van der Waals surface area contributed by atoms with Gasteiger partial charge in [0.25, 0.3) is 0 Å². The lowest BCUT2D eigenvalue weighted by Gasteiger charge is -2.13. The molecule has 190 valence electrons. The molecule has 0 spiro atoms. The second-order valence-corrected chi connectivity index (χ2v) is 10.8. The zero-order chi connectivity index (χ0) is 26.9. The van der Waals surface area contributed by atoms with Crippen LogP contribution < -0.4 is 0 Å². The summed E-state index contributed by atoms with van der Waals surface area (Å²) in [6, 6.07) is 52.7. The summed E-state index contributed by atoms with van der Waals surface area (Å²) < 4.78 is 2.33. The van der Waals surface area contributed by atoms with E-state index in [1.807, 2.05) is 0 Å². The van der Waals surface area contributed by atoms with Gasteiger partial charge < -0.3 is 0 Å². The van der Waals surface area contributed by atoms with E-state index in [4.69, 9.17) is 4.98 Å². The van der Waals surface area contributed by atoms with E-state index in [0.29, 0.717) is 0 Å². The number of aromatic nitrogens is 2. The molecule has 0 radical (unpaired) electrons. The number of rotatable bonds is 2. The van der Waals surface area contributed by atoms with E-state index in [0.717, 1.165) is 16.7 Å². The maximum atomic E-state index is 5.10. The Bertz CT molecular complexity index is 2460. The number of hydrogen-bond acceptors (Lipinski definition) is 1. The van der Waals surface area contributed by atoms with Crippen LogP contribution in [0, 0.1) is 0 Å². The molecule has 0 aliphatic heterocycles. The van der Waals surface area contributed by atoms with Crippen LogP contribution in [0.25, 0.3) is 82.2 Å². The summed E-state index contributed by atoms with van der Waals surface area (Å²) in [4.78, 5) is 5.10. The van der Waals surface area contributed by atoms with Crippen molar-refractivity contribution in [3.63, 3.8) is 0 Å². The fraction of sp³-hybridized carbons (Fsp3) is 0. The molecule has 0 saturated carbocycles. The fourth-order valence-electron chi connectivity index (χ4n) is 6.53. The molecular formula is C39H24N2. The van der Waals surface area contributed by atoms with Crippen LogP contribution in [0.3, 0.4) is 0 Å². The van der Waals surface area contributed by atoms with Crippen molar-refractivity contribution in [2.75, 3.05) is 0 Å². The molecule has 2 aromatic heterocycles. The second-order valence-electron chi connectivity index (χ2n) is 10.8. The van der Waals surface area contributed by atoms with Gasteiger partial charge in [-0.25, -0.2) is 4.98 Å². The van der Waals surface area contributed by atoms with Gasteiger partial charge >= 0.3 is 0 Å². The van der Waals surface area contributed by atoms with Crippen LogP contribution in [-0.4, -0.2) is 9.38 Å². The highest BCUT2D eigenvalue weighted by molar-refractivity contribution is 6.24. The smallest absolute Gasteiger partial charge is 0.146 e. The van der Waals surface area contributed by atoms with Gasteiger partial charge in [-0.1, -0.05) is 109 Å². The van der Waals surface area contributed by atoms with Gasteiger partial charge in [0.15, 0.2) is 0 Å². The first kappa shape index (κ1) is 22.4. The molecule has 2 heteroatoms. The lowest BCUT2D eigenvalue weighted by molar-refractivity contribution is 1.32. The summed E-state index contributed by atoms with van der Waals surface area (Å²) in [5.41, 5.74) is 9.21. The van der Waals surface area contributed by atoms with Crippen LogP contribution in [0.5, 0.6) is 0 Å². The molecule has 0 N–H and O–H groups in total. The highest BCUT2D eigenvalue weighted by atomic mass is 15.0. The third-order valence-corrected chi connectivity index (χ3v) is 8.54. The van der Waals surface area contributed by atoms with Gasteiger partial charge in [-0.2, -0.15) is 0 Å². The van der Waals surface area contributed by atoms with E-state index < -0.39 is 0 Å². The zero-order valence-electron chi connectivity index (χ0n) is 22.3. The van der Waals surface area contributed by atoms with E-state index in [1.54, 1.807) is 0 Å². The Labute approximate surface area is 236 Å². The summed E-state index contributed by atoms with van der Waals surface area (Å²) in [5, 5.41) is 8.71. The molecular weight excluding hydrogens is 496 g/mol. The Morgan fingerprint density at radius 1 is 0.390 bits per heavy atom. The lowest BCUT2D eigenvalue weighted by Crippen LogP contribution is -1.93. The van der Waals surface area contributed by atoms with E-state index >= 15 is 0 Å². The molecule has 0 amide bonds. The Hall–Kier alpha value is -5.47. The van der Waals surface area contributed by atoms with Crippen LogP contribution in [0.15, 0.2) is 146 Å². The topological polar surface area (TPSA) is 17.3 Å². The zero-order valence-corrected chi connectivity index (χ0v) is 22.3. The van der Waals surface area contributed by atoms with Crippen LogP contribution in [0.2, 0.25) is 0 Å². The number of imidazole rings is 1. The van der Waals surface area contributed by atoms with Crippen molar-refractivity contribution in [2.45, 2.75) is 0 Å². The van der Waals surface area contributed by atoms with E-state index in [1.165, 1.54) is 65.5 Å². The van der Waals surface area contributed by atoms with E-state index in [-0.39, 0.29) is 0 Å². The number of para-hydroxylation sites is 2. The molecule has 0 fully saturated rings. The Morgan fingerprint density at radius 2 is 1.02 bits per heavy atom. The first-order valence-corrected chi connectivity index (χ1v) is 14.1. The van der Waals surface area contributed by atoms with Crippen molar-refractivity contribution < 1.29 is 0 Å². The van der Waals surface area contributed by atoms with E-state index in [2.05, 4.69) is 150 Å². The van der Waals surface area contributed by atoms with Crippen LogP contribution in [-0.2, 0) is 0 Å². The minimum Gasteiger partial charge on any atom is -0.292 e. The van der Waals surface area contributed by atoms with Crippen molar-refractivity contribution in [1.82, 2.24) is 9.38 Å². The molecule has 2 nitrogen and oxygen atoms in total. The maximum Gasteiger partial charge on any atom is 0.146 e. The van der Waals surface area contributed by atoms with Gasteiger partial charge in [-0.15, -0.1) is 0 Å².